The zero-order chi connectivity index (χ0) is 24.5. The van der Waals surface area contributed by atoms with Gasteiger partial charge in [-0.3, -0.25) is 4.90 Å². The number of carbonyl (C=O) groups is 1. The Hall–Kier alpha value is -1.79. The number of hydrogen-bond acceptors (Lipinski definition) is 4. The Kier molecular flexibility index (Phi) is 7.49. The number of rotatable bonds is 5. The minimum Gasteiger partial charge on any atom is -0.444 e. The fourth-order valence-corrected chi connectivity index (χ4v) is 5.08. The van der Waals surface area contributed by atoms with Crippen LogP contribution in [0.2, 0.25) is 10.0 Å². The van der Waals surface area contributed by atoms with Gasteiger partial charge in [0.05, 0.1) is 15.6 Å². The van der Waals surface area contributed by atoms with Gasteiger partial charge in [-0.1, -0.05) is 53.5 Å². The Labute approximate surface area is 212 Å². The first-order valence-corrected chi connectivity index (χ1v) is 12.8. The van der Waals surface area contributed by atoms with E-state index in [1.165, 1.54) is 0 Å². The molecule has 2 aromatic carbocycles. The summed E-state index contributed by atoms with van der Waals surface area (Å²) in [5.74, 6) is -0.00273. The van der Waals surface area contributed by atoms with Crippen molar-refractivity contribution >= 4 is 29.3 Å². The molecule has 2 aromatic rings. The van der Waals surface area contributed by atoms with Crippen LogP contribution in [0.3, 0.4) is 0 Å². The van der Waals surface area contributed by atoms with Crippen molar-refractivity contribution in [2.24, 2.45) is 0 Å². The van der Waals surface area contributed by atoms with Gasteiger partial charge in [-0.05, 0) is 68.9 Å². The van der Waals surface area contributed by atoms with Gasteiger partial charge in [0.1, 0.15) is 5.60 Å². The van der Waals surface area contributed by atoms with Gasteiger partial charge in [0, 0.05) is 38.6 Å². The van der Waals surface area contributed by atoms with Gasteiger partial charge in [-0.25, -0.2) is 4.79 Å². The first kappa shape index (κ1) is 25.3. The first-order valence-electron chi connectivity index (χ1n) is 12.0. The summed E-state index contributed by atoms with van der Waals surface area (Å²) in [6.45, 7) is 9.19. The van der Waals surface area contributed by atoms with Gasteiger partial charge >= 0.3 is 6.09 Å². The molecule has 1 saturated heterocycles. The summed E-state index contributed by atoms with van der Waals surface area (Å²) in [7, 11) is 0. The smallest absolute Gasteiger partial charge is 0.410 e. The van der Waals surface area contributed by atoms with Crippen LogP contribution in [0.15, 0.2) is 42.5 Å². The number of benzene rings is 2. The molecule has 1 aliphatic carbocycles. The highest BCUT2D eigenvalue weighted by molar-refractivity contribution is 6.42. The lowest BCUT2D eigenvalue weighted by Crippen LogP contribution is -2.53. The van der Waals surface area contributed by atoms with Crippen LogP contribution in [0.1, 0.15) is 51.5 Å². The molecule has 1 amide bonds. The highest BCUT2D eigenvalue weighted by Gasteiger charge is 2.44. The molecular formula is C27H34Cl2N2O3. The van der Waals surface area contributed by atoms with E-state index in [-0.39, 0.29) is 12.0 Å². The van der Waals surface area contributed by atoms with Crippen LogP contribution in [-0.4, -0.2) is 64.9 Å². The van der Waals surface area contributed by atoms with Gasteiger partial charge in [0.15, 0.2) is 0 Å². The lowest BCUT2D eigenvalue weighted by molar-refractivity contribution is -0.0672. The highest BCUT2D eigenvalue weighted by Crippen LogP contribution is 2.44. The first-order chi connectivity index (χ1) is 16.0. The highest BCUT2D eigenvalue weighted by atomic mass is 35.5. The molecule has 34 heavy (non-hydrogen) atoms. The number of aliphatic hydroxyl groups is 1. The summed E-state index contributed by atoms with van der Waals surface area (Å²) in [4.78, 5) is 16.6. The molecule has 1 unspecified atom stereocenters. The Morgan fingerprint density at radius 3 is 2.29 bits per heavy atom. The number of halogens is 2. The van der Waals surface area contributed by atoms with E-state index in [0.717, 1.165) is 55.6 Å². The summed E-state index contributed by atoms with van der Waals surface area (Å²) >= 11 is 12.4. The third-order valence-electron chi connectivity index (χ3n) is 6.87. The van der Waals surface area contributed by atoms with E-state index in [1.54, 1.807) is 4.90 Å². The predicted molar refractivity (Wildman–Crippen MR) is 138 cm³/mol. The second kappa shape index (κ2) is 10.1. The number of hydrogen-bond donors (Lipinski definition) is 1. The summed E-state index contributed by atoms with van der Waals surface area (Å²) < 4.78 is 5.53. The van der Waals surface area contributed by atoms with Crippen LogP contribution in [0.4, 0.5) is 4.79 Å². The monoisotopic (exact) mass is 504 g/mol. The molecule has 2 fully saturated rings. The lowest BCUT2D eigenvalue weighted by Gasteiger charge is -2.46. The minimum absolute atomic E-state index is 0.00273. The van der Waals surface area contributed by atoms with Crippen molar-refractivity contribution in [1.82, 2.24) is 9.80 Å². The van der Waals surface area contributed by atoms with E-state index in [2.05, 4.69) is 23.1 Å². The number of ether oxygens (including phenoxy) is 1. The molecular weight excluding hydrogens is 471 g/mol. The second-order valence-corrected chi connectivity index (χ2v) is 11.3. The van der Waals surface area contributed by atoms with E-state index in [9.17, 15) is 9.90 Å². The van der Waals surface area contributed by atoms with E-state index in [1.807, 2.05) is 45.0 Å². The molecule has 0 spiro atoms. The second-order valence-electron chi connectivity index (χ2n) is 10.5. The molecule has 0 aromatic heterocycles. The van der Waals surface area contributed by atoms with Crippen molar-refractivity contribution in [2.45, 2.75) is 57.2 Å². The molecule has 1 saturated carbocycles. The molecule has 2 aliphatic rings. The maximum atomic E-state index is 12.4. The summed E-state index contributed by atoms with van der Waals surface area (Å²) in [6.07, 6.45) is 2.42. The van der Waals surface area contributed by atoms with Crippen LogP contribution in [0, 0.1) is 0 Å². The maximum Gasteiger partial charge on any atom is 0.410 e. The number of piperazine rings is 1. The molecule has 7 heteroatoms. The molecule has 1 atom stereocenters. The molecule has 5 nitrogen and oxygen atoms in total. The molecule has 4 rings (SSSR count). The van der Waals surface area contributed by atoms with Gasteiger partial charge in [-0.2, -0.15) is 0 Å². The predicted octanol–water partition coefficient (Wildman–Crippen LogP) is 6.21. The maximum absolute atomic E-state index is 12.4. The SMILES string of the molecule is CC(C)(C)OC(=O)N1CCN(CC(c2cccc(-c3ccc(Cl)c(Cl)c3)c2)C2(O)CCC2)CC1. The Balaban J connectivity index is 1.49. The summed E-state index contributed by atoms with van der Waals surface area (Å²) in [5.41, 5.74) is 1.99. The van der Waals surface area contributed by atoms with E-state index in [0.29, 0.717) is 23.1 Å². The number of amides is 1. The van der Waals surface area contributed by atoms with Crippen molar-refractivity contribution < 1.29 is 14.6 Å². The minimum atomic E-state index is -0.696. The van der Waals surface area contributed by atoms with E-state index in [4.69, 9.17) is 27.9 Å². The van der Waals surface area contributed by atoms with Gasteiger partial charge in [-0.15, -0.1) is 0 Å². The Morgan fingerprint density at radius 2 is 1.71 bits per heavy atom. The average Bonchev–Trinajstić information content (AvgIpc) is 2.77. The van der Waals surface area contributed by atoms with Crippen molar-refractivity contribution in [2.75, 3.05) is 32.7 Å². The Morgan fingerprint density at radius 1 is 1.03 bits per heavy atom. The van der Waals surface area contributed by atoms with E-state index < -0.39 is 11.2 Å². The van der Waals surface area contributed by atoms with Crippen molar-refractivity contribution in [3.8, 4) is 11.1 Å². The van der Waals surface area contributed by atoms with Crippen molar-refractivity contribution in [3.63, 3.8) is 0 Å². The third kappa shape index (κ3) is 5.88. The topological polar surface area (TPSA) is 53.0 Å². The third-order valence-corrected chi connectivity index (χ3v) is 7.61. The van der Waals surface area contributed by atoms with Gasteiger partial charge in [0.2, 0.25) is 0 Å². The average molecular weight is 505 g/mol. The molecule has 0 radical (unpaired) electrons. The van der Waals surface area contributed by atoms with Crippen LogP contribution < -0.4 is 0 Å². The van der Waals surface area contributed by atoms with Gasteiger partial charge in [0.25, 0.3) is 0 Å². The quantitative estimate of drug-likeness (QED) is 0.525. The zero-order valence-corrected chi connectivity index (χ0v) is 21.7. The molecule has 1 N–H and O–H groups in total. The standard InChI is InChI=1S/C27H34Cl2N2O3/c1-26(2,3)34-25(32)31-14-12-30(13-15-31)18-22(27(33)10-5-11-27)21-7-4-6-19(16-21)20-8-9-23(28)24(29)17-20/h4,6-9,16-17,22,33H,5,10-15,18H2,1-3H3. The Bertz CT molecular complexity index is 1020. The molecule has 1 heterocycles. The molecule has 0 bridgehead atoms. The van der Waals surface area contributed by atoms with Crippen LogP contribution >= 0.6 is 23.2 Å². The fraction of sp³-hybridized carbons (Fsp3) is 0.519. The largest absolute Gasteiger partial charge is 0.444 e. The van der Waals surface area contributed by atoms with Crippen molar-refractivity contribution in [1.29, 1.82) is 0 Å². The summed E-state index contributed by atoms with van der Waals surface area (Å²) in [5, 5.41) is 12.5. The molecule has 184 valence electrons. The van der Waals surface area contributed by atoms with Crippen LogP contribution in [-0.2, 0) is 4.74 Å². The normalized spacial score (nSPS) is 19.4. The number of nitrogens with zero attached hydrogens (tertiary/aromatic N) is 2. The molecule has 1 aliphatic heterocycles. The van der Waals surface area contributed by atoms with Gasteiger partial charge < -0.3 is 14.7 Å². The lowest BCUT2D eigenvalue weighted by atomic mass is 9.68. The van der Waals surface area contributed by atoms with Crippen LogP contribution in [0.25, 0.3) is 11.1 Å². The van der Waals surface area contributed by atoms with Crippen LogP contribution in [0.5, 0.6) is 0 Å². The number of carbonyl (C=O) groups excluding carboxylic acids is 1. The van der Waals surface area contributed by atoms with E-state index >= 15 is 0 Å². The zero-order valence-electron chi connectivity index (χ0n) is 20.2. The summed E-state index contributed by atoms with van der Waals surface area (Å²) in [6, 6.07) is 14.0. The van der Waals surface area contributed by atoms with Crippen molar-refractivity contribution in [3.05, 3.63) is 58.1 Å². The fourth-order valence-electron chi connectivity index (χ4n) is 4.78.